The number of rotatable bonds is 6. The van der Waals surface area contributed by atoms with Gasteiger partial charge in [0, 0.05) is 11.5 Å². The smallest absolute Gasteiger partial charge is 0.352 e. The van der Waals surface area contributed by atoms with E-state index in [9.17, 15) is 4.79 Å². The normalized spacial score (nSPS) is 18.9. The predicted octanol–water partition coefficient (Wildman–Crippen LogP) is 6.77. The number of hydrogen-bond acceptors (Lipinski definition) is 5. The molecule has 4 aromatic rings. The van der Waals surface area contributed by atoms with Crippen molar-refractivity contribution in [1.29, 1.82) is 0 Å². The molecule has 176 valence electrons. The van der Waals surface area contributed by atoms with Crippen molar-refractivity contribution in [2.24, 2.45) is 0 Å². The minimum Gasteiger partial charge on any atom is -0.468 e. The summed E-state index contributed by atoms with van der Waals surface area (Å²) in [4.78, 5) is 16.4. The molecule has 0 spiro atoms. The van der Waals surface area contributed by atoms with Crippen molar-refractivity contribution in [2.45, 2.75) is 64.1 Å². The van der Waals surface area contributed by atoms with Crippen molar-refractivity contribution in [2.75, 3.05) is 0 Å². The minimum atomic E-state index is -0.701. The maximum atomic E-state index is 12.3. The first-order chi connectivity index (χ1) is 16.5. The van der Waals surface area contributed by atoms with Gasteiger partial charge in [-0.2, -0.15) is 5.26 Å². The fourth-order valence-corrected chi connectivity index (χ4v) is 5.58. The van der Waals surface area contributed by atoms with Crippen LogP contribution in [-0.2, 0) is 27.3 Å². The lowest BCUT2D eigenvalue weighted by atomic mass is 9.75. The molecular formula is C29H30O5. The minimum absolute atomic E-state index is 0.0151. The molecule has 3 aromatic carbocycles. The molecule has 0 radical (unpaired) electrons. The van der Waals surface area contributed by atoms with Crippen molar-refractivity contribution in [1.82, 2.24) is 0 Å². The van der Waals surface area contributed by atoms with Crippen LogP contribution in [0.2, 0.25) is 0 Å². The van der Waals surface area contributed by atoms with Crippen LogP contribution in [0.1, 0.15) is 61.5 Å². The van der Waals surface area contributed by atoms with Crippen LogP contribution in [0.5, 0.6) is 0 Å². The molecule has 0 saturated carbocycles. The molecule has 0 amide bonds. The summed E-state index contributed by atoms with van der Waals surface area (Å²) in [6.45, 7) is 5.98. The van der Waals surface area contributed by atoms with Gasteiger partial charge in [0.05, 0.1) is 18.5 Å². The van der Waals surface area contributed by atoms with Gasteiger partial charge in [0.1, 0.15) is 11.7 Å². The molecular weight excluding hydrogens is 428 g/mol. The molecule has 5 nitrogen and oxygen atoms in total. The Balaban J connectivity index is 1.64. The third kappa shape index (κ3) is 3.89. The lowest BCUT2D eigenvalue weighted by Gasteiger charge is -2.35. The van der Waals surface area contributed by atoms with Crippen LogP contribution >= 0.6 is 0 Å². The van der Waals surface area contributed by atoms with Gasteiger partial charge in [-0.3, -0.25) is 0 Å². The van der Waals surface area contributed by atoms with Crippen LogP contribution in [0.25, 0.3) is 21.5 Å². The van der Waals surface area contributed by atoms with Gasteiger partial charge in [-0.15, -0.1) is 0 Å². The lowest BCUT2D eigenvalue weighted by molar-refractivity contribution is -0.236. The first-order valence-corrected chi connectivity index (χ1v) is 12.0. The lowest BCUT2D eigenvalue weighted by Crippen LogP contribution is -2.34. The van der Waals surface area contributed by atoms with Crippen molar-refractivity contribution in [3.63, 3.8) is 0 Å². The van der Waals surface area contributed by atoms with Gasteiger partial charge in [-0.05, 0) is 71.8 Å². The summed E-state index contributed by atoms with van der Waals surface area (Å²) in [5, 5.41) is 14.0. The Hall–Kier alpha value is -3.15. The molecule has 1 heterocycles. The maximum Gasteiger partial charge on any atom is 0.352 e. The summed E-state index contributed by atoms with van der Waals surface area (Å²) in [5.74, 6) is -0.792. The van der Waals surface area contributed by atoms with Crippen molar-refractivity contribution >= 4 is 27.5 Å². The van der Waals surface area contributed by atoms with E-state index in [2.05, 4.69) is 53.4 Å². The Labute approximate surface area is 199 Å². The van der Waals surface area contributed by atoms with Gasteiger partial charge in [0.15, 0.2) is 0 Å². The molecule has 5 rings (SSSR count). The van der Waals surface area contributed by atoms with E-state index in [-0.39, 0.29) is 18.1 Å². The zero-order valence-electron chi connectivity index (χ0n) is 19.8. The molecule has 0 aliphatic heterocycles. The summed E-state index contributed by atoms with van der Waals surface area (Å²) in [5.41, 5.74) is 3.57. The fraction of sp³-hybridized carbons (Fsp3) is 0.345. The second-order valence-electron chi connectivity index (χ2n) is 9.43. The van der Waals surface area contributed by atoms with Gasteiger partial charge >= 0.3 is 5.97 Å². The number of ether oxygens (including phenoxy) is 1. The average molecular weight is 459 g/mol. The fourth-order valence-electron chi connectivity index (χ4n) is 5.58. The molecule has 0 saturated heterocycles. The van der Waals surface area contributed by atoms with Crippen LogP contribution in [0.3, 0.4) is 0 Å². The van der Waals surface area contributed by atoms with E-state index < -0.39 is 11.9 Å². The second kappa shape index (κ2) is 9.24. The summed E-state index contributed by atoms with van der Waals surface area (Å²) in [6.07, 6.45) is 3.67. The van der Waals surface area contributed by atoms with Crippen LogP contribution in [-0.4, -0.2) is 23.4 Å². The van der Waals surface area contributed by atoms with Crippen LogP contribution < -0.4 is 0 Å². The Morgan fingerprint density at radius 1 is 1.03 bits per heavy atom. The highest BCUT2D eigenvalue weighted by molar-refractivity contribution is 6.08. The predicted molar refractivity (Wildman–Crippen MR) is 132 cm³/mol. The van der Waals surface area contributed by atoms with E-state index in [4.69, 9.17) is 14.4 Å². The number of furan rings is 1. The number of carbonyl (C=O) groups excluding carboxylic acids is 1. The van der Waals surface area contributed by atoms with Crippen molar-refractivity contribution < 1.29 is 24.1 Å². The quantitative estimate of drug-likeness (QED) is 0.196. The molecule has 3 atom stereocenters. The topological polar surface area (TPSA) is 68.9 Å². The van der Waals surface area contributed by atoms with Crippen molar-refractivity contribution in [3.8, 4) is 0 Å². The highest BCUT2D eigenvalue weighted by atomic mass is 17.1. The highest BCUT2D eigenvalue weighted by Gasteiger charge is 2.37. The number of benzene rings is 3. The monoisotopic (exact) mass is 458 g/mol. The summed E-state index contributed by atoms with van der Waals surface area (Å²) in [6, 6.07) is 19.3. The van der Waals surface area contributed by atoms with Gasteiger partial charge in [0.25, 0.3) is 0 Å². The summed E-state index contributed by atoms with van der Waals surface area (Å²) < 4.78 is 12.2. The summed E-state index contributed by atoms with van der Waals surface area (Å²) in [7, 11) is 0. The third-order valence-corrected chi connectivity index (χ3v) is 7.10. The molecule has 0 fully saturated rings. The number of carbonyl (C=O) groups is 1. The van der Waals surface area contributed by atoms with E-state index in [0.29, 0.717) is 12.2 Å². The Kier molecular flexibility index (Phi) is 6.15. The van der Waals surface area contributed by atoms with Gasteiger partial charge < -0.3 is 14.0 Å². The molecule has 5 heteroatoms. The first kappa shape index (κ1) is 22.6. The standard InChI is InChI=1S/C29H30O5/c1-4-20(29(30)34-31)28-24(13-14-32-28)26-16-25-19(15-27(26)33-17(2)3)10-12-22-21-8-6-5-7-18(21)9-11-23(22)25/h5-14,17,20,26-27,31H,4,15-16H2,1-3H3. The number of hydrogen-bond donors (Lipinski definition) is 1. The average Bonchev–Trinajstić information content (AvgIpc) is 3.32. The Morgan fingerprint density at radius 2 is 1.82 bits per heavy atom. The zero-order valence-corrected chi connectivity index (χ0v) is 19.8. The SMILES string of the molecule is CCC(C(=O)OO)c1occc1C1Cc2c(ccc3c2ccc2ccccc23)CC1OC(C)C. The largest absolute Gasteiger partial charge is 0.468 e. The second-order valence-corrected chi connectivity index (χ2v) is 9.43. The van der Waals surface area contributed by atoms with Crippen LogP contribution in [0, 0.1) is 0 Å². The van der Waals surface area contributed by atoms with E-state index in [1.54, 1.807) is 6.26 Å². The van der Waals surface area contributed by atoms with E-state index in [0.717, 1.165) is 18.4 Å². The van der Waals surface area contributed by atoms with Crippen LogP contribution in [0.4, 0.5) is 0 Å². The molecule has 3 unspecified atom stereocenters. The molecule has 0 bridgehead atoms. The van der Waals surface area contributed by atoms with Crippen LogP contribution in [0.15, 0.2) is 65.3 Å². The molecule has 1 aromatic heterocycles. The molecule has 1 N–H and O–H groups in total. The van der Waals surface area contributed by atoms with E-state index in [1.807, 2.05) is 26.8 Å². The van der Waals surface area contributed by atoms with Gasteiger partial charge in [0.2, 0.25) is 0 Å². The first-order valence-electron chi connectivity index (χ1n) is 12.0. The third-order valence-electron chi connectivity index (χ3n) is 7.10. The van der Waals surface area contributed by atoms with E-state index >= 15 is 0 Å². The van der Waals surface area contributed by atoms with Gasteiger partial charge in [-0.25, -0.2) is 4.79 Å². The summed E-state index contributed by atoms with van der Waals surface area (Å²) >= 11 is 0. The molecule has 1 aliphatic rings. The van der Waals surface area contributed by atoms with Gasteiger partial charge in [-0.1, -0.05) is 55.5 Å². The van der Waals surface area contributed by atoms with E-state index in [1.165, 1.54) is 32.7 Å². The molecule has 1 aliphatic carbocycles. The Bertz CT molecular complexity index is 1340. The number of fused-ring (bicyclic) bond motifs is 5. The molecule has 34 heavy (non-hydrogen) atoms. The highest BCUT2D eigenvalue weighted by Crippen LogP contribution is 2.42. The Morgan fingerprint density at radius 3 is 2.59 bits per heavy atom. The van der Waals surface area contributed by atoms with Crippen molar-refractivity contribution in [3.05, 3.63) is 83.3 Å². The maximum absolute atomic E-state index is 12.3. The zero-order chi connectivity index (χ0) is 23.8.